The Balaban J connectivity index is 2.07. The van der Waals surface area contributed by atoms with Crippen molar-refractivity contribution in [3.8, 4) is 0 Å². The topological polar surface area (TPSA) is 15.3 Å². The molecule has 2 heteroatoms. The average Bonchev–Trinajstić information content (AvgIpc) is 1.95. The molecule has 78 valence electrons. The monoisotopic (exact) mass is 184 g/mol. The second kappa shape index (κ2) is 4.97. The molecule has 1 fully saturated rings. The molecule has 0 saturated carbocycles. The van der Waals surface area contributed by atoms with Gasteiger partial charge in [0.25, 0.3) is 0 Å². The Morgan fingerprint density at radius 1 is 1.31 bits per heavy atom. The van der Waals surface area contributed by atoms with Gasteiger partial charge in [0.2, 0.25) is 0 Å². The van der Waals surface area contributed by atoms with Crippen molar-refractivity contribution in [3.05, 3.63) is 0 Å². The fraction of sp³-hybridized carbons (Fsp3) is 1.00. The third kappa shape index (κ3) is 3.28. The summed E-state index contributed by atoms with van der Waals surface area (Å²) in [4.78, 5) is 2.58. The number of nitrogens with one attached hydrogen (secondary N) is 1. The quantitative estimate of drug-likeness (QED) is 0.695. The van der Waals surface area contributed by atoms with Gasteiger partial charge in [0, 0.05) is 19.6 Å². The zero-order valence-electron chi connectivity index (χ0n) is 9.51. The van der Waals surface area contributed by atoms with Gasteiger partial charge in [-0.05, 0) is 31.3 Å². The minimum absolute atomic E-state index is 0.790. The van der Waals surface area contributed by atoms with Crippen LogP contribution in [-0.2, 0) is 0 Å². The fourth-order valence-electron chi connectivity index (χ4n) is 2.03. The molecule has 0 aliphatic carbocycles. The molecule has 1 N–H and O–H groups in total. The van der Waals surface area contributed by atoms with E-state index in [2.05, 4.69) is 31.0 Å². The van der Waals surface area contributed by atoms with E-state index in [0.29, 0.717) is 0 Å². The van der Waals surface area contributed by atoms with E-state index in [1.807, 2.05) is 7.05 Å². The summed E-state index contributed by atoms with van der Waals surface area (Å²) in [6, 6.07) is 0. The van der Waals surface area contributed by atoms with Gasteiger partial charge >= 0.3 is 0 Å². The minimum Gasteiger partial charge on any atom is -0.319 e. The predicted molar refractivity (Wildman–Crippen MR) is 57.9 cm³/mol. The van der Waals surface area contributed by atoms with Crippen LogP contribution in [0.4, 0.5) is 0 Å². The molecule has 1 aliphatic rings. The predicted octanol–water partition coefficient (Wildman–Crippen LogP) is 1.43. The maximum atomic E-state index is 3.23. The van der Waals surface area contributed by atoms with E-state index in [0.717, 1.165) is 24.3 Å². The average molecular weight is 184 g/mol. The molecule has 13 heavy (non-hydrogen) atoms. The Hall–Kier alpha value is -0.0800. The van der Waals surface area contributed by atoms with Crippen LogP contribution in [0, 0.1) is 17.8 Å². The summed E-state index contributed by atoms with van der Waals surface area (Å²) in [5, 5.41) is 3.23. The van der Waals surface area contributed by atoms with Crippen molar-refractivity contribution in [1.29, 1.82) is 0 Å². The Morgan fingerprint density at radius 2 is 1.92 bits per heavy atom. The van der Waals surface area contributed by atoms with Crippen LogP contribution in [0.2, 0.25) is 0 Å². The molecule has 1 unspecified atom stereocenters. The summed E-state index contributed by atoms with van der Waals surface area (Å²) in [5.41, 5.74) is 0. The van der Waals surface area contributed by atoms with Crippen LogP contribution in [0.15, 0.2) is 0 Å². The Bertz CT molecular complexity index is 139. The van der Waals surface area contributed by atoms with Crippen molar-refractivity contribution >= 4 is 0 Å². The van der Waals surface area contributed by atoms with Crippen molar-refractivity contribution < 1.29 is 0 Å². The lowest BCUT2D eigenvalue weighted by Crippen LogP contribution is -2.51. The number of nitrogens with zero attached hydrogens (tertiary/aromatic N) is 1. The Kier molecular flexibility index (Phi) is 4.20. The van der Waals surface area contributed by atoms with E-state index in [4.69, 9.17) is 0 Å². The van der Waals surface area contributed by atoms with Crippen molar-refractivity contribution in [2.24, 2.45) is 17.8 Å². The van der Waals surface area contributed by atoms with Gasteiger partial charge in [-0.25, -0.2) is 0 Å². The summed E-state index contributed by atoms with van der Waals surface area (Å²) in [6.07, 6.45) is 0. The molecule has 1 saturated heterocycles. The summed E-state index contributed by atoms with van der Waals surface area (Å²) in [5.74, 6) is 2.62. The van der Waals surface area contributed by atoms with Gasteiger partial charge in [0.1, 0.15) is 0 Å². The van der Waals surface area contributed by atoms with Crippen LogP contribution < -0.4 is 5.32 Å². The summed E-state index contributed by atoms with van der Waals surface area (Å²) >= 11 is 0. The second-order valence-electron chi connectivity index (χ2n) is 4.89. The highest BCUT2D eigenvalue weighted by Crippen LogP contribution is 2.23. The van der Waals surface area contributed by atoms with Gasteiger partial charge < -0.3 is 10.2 Å². The third-order valence-corrected chi connectivity index (χ3v) is 3.05. The van der Waals surface area contributed by atoms with Gasteiger partial charge in [-0.15, -0.1) is 0 Å². The first kappa shape index (κ1) is 11.0. The number of hydrogen-bond donors (Lipinski definition) is 1. The van der Waals surface area contributed by atoms with E-state index in [1.165, 1.54) is 19.6 Å². The SMILES string of the molecule is CNCC(C)CN1CC(C(C)C)C1. The number of hydrogen-bond acceptors (Lipinski definition) is 2. The van der Waals surface area contributed by atoms with Crippen LogP contribution >= 0.6 is 0 Å². The number of likely N-dealkylation sites (tertiary alicyclic amines) is 1. The first-order chi connectivity index (χ1) is 6.13. The van der Waals surface area contributed by atoms with Gasteiger partial charge in [-0.1, -0.05) is 20.8 Å². The molecule has 1 rings (SSSR count). The van der Waals surface area contributed by atoms with E-state index < -0.39 is 0 Å². The lowest BCUT2D eigenvalue weighted by Gasteiger charge is -2.42. The molecule has 1 aliphatic heterocycles. The van der Waals surface area contributed by atoms with Gasteiger partial charge in [0.15, 0.2) is 0 Å². The molecule has 0 aromatic heterocycles. The van der Waals surface area contributed by atoms with E-state index in [9.17, 15) is 0 Å². The molecular formula is C11H24N2. The molecule has 2 nitrogen and oxygen atoms in total. The molecule has 0 spiro atoms. The molecule has 0 radical (unpaired) electrons. The van der Waals surface area contributed by atoms with Crippen LogP contribution in [0.25, 0.3) is 0 Å². The molecular weight excluding hydrogens is 160 g/mol. The molecule has 1 heterocycles. The van der Waals surface area contributed by atoms with Crippen LogP contribution in [0.1, 0.15) is 20.8 Å². The summed E-state index contributed by atoms with van der Waals surface area (Å²) < 4.78 is 0. The van der Waals surface area contributed by atoms with Crippen LogP contribution in [-0.4, -0.2) is 38.1 Å². The zero-order chi connectivity index (χ0) is 9.84. The first-order valence-electron chi connectivity index (χ1n) is 5.50. The normalized spacial score (nSPS) is 21.9. The molecule has 0 amide bonds. The molecule has 1 atom stereocenters. The highest BCUT2D eigenvalue weighted by Gasteiger charge is 2.29. The van der Waals surface area contributed by atoms with E-state index in [-0.39, 0.29) is 0 Å². The lowest BCUT2D eigenvalue weighted by molar-refractivity contribution is 0.0559. The minimum atomic E-state index is 0.790. The third-order valence-electron chi connectivity index (χ3n) is 3.05. The highest BCUT2D eigenvalue weighted by molar-refractivity contribution is 4.82. The van der Waals surface area contributed by atoms with Crippen molar-refractivity contribution in [1.82, 2.24) is 10.2 Å². The highest BCUT2D eigenvalue weighted by atomic mass is 15.2. The van der Waals surface area contributed by atoms with E-state index in [1.54, 1.807) is 0 Å². The summed E-state index contributed by atoms with van der Waals surface area (Å²) in [6.45, 7) is 12.0. The zero-order valence-corrected chi connectivity index (χ0v) is 9.51. The lowest BCUT2D eigenvalue weighted by atomic mass is 9.88. The molecule has 0 aromatic carbocycles. The molecule has 0 aromatic rings. The smallest absolute Gasteiger partial charge is 0.00246 e. The Labute approximate surface area is 82.7 Å². The van der Waals surface area contributed by atoms with Crippen LogP contribution in [0.5, 0.6) is 0 Å². The van der Waals surface area contributed by atoms with E-state index >= 15 is 0 Å². The second-order valence-corrected chi connectivity index (χ2v) is 4.89. The standard InChI is InChI=1S/C11H24N2/c1-9(2)11-7-13(8-11)6-10(3)5-12-4/h9-12H,5-8H2,1-4H3. The largest absolute Gasteiger partial charge is 0.319 e. The van der Waals surface area contributed by atoms with Crippen LogP contribution in [0.3, 0.4) is 0 Å². The maximum absolute atomic E-state index is 3.23. The fourth-order valence-corrected chi connectivity index (χ4v) is 2.03. The van der Waals surface area contributed by atoms with Crippen molar-refractivity contribution in [2.45, 2.75) is 20.8 Å². The maximum Gasteiger partial charge on any atom is 0.00246 e. The summed E-state index contributed by atoms with van der Waals surface area (Å²) in [7, 11) is 2.03. The van der Waals surface area contributed by atoms with Crippen molar-refractivity contribution in [2.75, 3.05) is 33.2 Å². The van der Waals surface area contributed by atoms with Gasteiger partial charge in [-0.3, -0.25) is 0 Å². The van der Waals surface area contributed by atoms with Gasteiger partial charge in [-0.2, -0.15) is 0 Å². The number of rotatable bonds is 5. The Morgan fingerprint density at radius 3 is 2.38 bits per heavy atom. The first-order valence-corrected chi connectivity index (χ1v) is 5.50. The van der Waals surface area contributed by atoms with Crippen molar-refractivity contribution in [3.63, 3.8) is 0 Å². The molecule has 0 bridgehead atoms. The van der Waals surface area contributed by atoms with Gasteiger partial charge in [0.05, 0.1) is 0 Å².